The summed E-state index contributed by atoms with van der Waals surface area (Å²) in [7, 11) is 0. The normalized spacial score (nSPS) is 10.8. The zero-order valence-electron chi connectivity index (χ0n) is 10.7. The van der Waals surface area contributed by atoms with Gasteiger partial charge < -0.3 is 16.3 Å². The fourth-order valence-corrected chi connectivity index (χ4v) is 1.86. The van der Waals surface area contributed by atoms with Gasteiger partial charge in [-0.25, -0.2) is 14.6 Å². The van der Waals surface area contributed by atoms with Crippen molar-refractivity contribution in [2.75, 3.05) is 5.84 Å². The summed E-state index contributed by atoms with van der Waals surface area (Å²) in [6, 6.07) is 7.90. The van der Waals surface area contributed by atoms with Gasteiger partial charge in [0.15, 0.2) is 11.2 Å². The number of fused-ring (bicyclic) bond motifs is 1. The van der Waals surface area contributed by atoms with Gasteiger partial charge in [0.2, 0.25) is 5.88 Å². The lowest BCUT2D eigenvalue weighted by molar-refractivity contribution is 0.297. The van der Waals surface area contributed by atoms with Gasteiger partial charge in [-0.15, -0.1) is 0 Å². The number of hydrogen-bond acceptors (Lipinski definition) is 6. The van der Waals surface area contributed by atoms with Crippen molar-refractivity contribution in [3.8, 4) is 5.88 Å². The summed E-state index contributed by atoms with van der Waals surface area (Å²) in [4.78, 5) is 12.3. The molecule has 0 unspecified atom stereocenters. The van der Waals surface area contributed by atoms with E-state index < -0.39 is 0 Å². The lowest BCUT2D eigenvalue weighted by Crippen LogP contribution is -2.07. The Balaban J connectivity index is 1.79. The molecule has 0 bridgehead atoms. The first-order valence-corrected chi connectivity index (χ1v) is 6.11. The highest BCUT2D eigenvalue weighted by atomic mass is 16.5. The first-order chi connectivity index (χ1) is 9.78. The average molecular weight is 270 g/mol. The van der Waals surface area contributed by atoms with E-state index in [1.54, 1.807) is 0 Å². The van der Waals surface area contributed by atoms with Gasteiger partial charge in [-0.2, -0.15) is 4.98 Å². The molecule has 0 atom stereocenters. The highest BCUT2D eigenvalue weighted by Crippen LogP contribution is 2.19. The van der Waals surface area contributed by atoms with Crippen LogP contribution in [-0.4, -0.2) is 19.6 Å². The van der Waals surface area contributed by atoms with E-state index in [0.717, 1.165) is 11.1 Å². The third kappa shape index (κ3) is 2.26. The van der Waals surface area contributed by atoms with Crippen molar-refractivity contribution in [1.82, 2.24) is 19.6 Å². The molecule has 0 radical (unpaired) electrons. The largest absolute Gasteiger partial charge is 0.471 e. The summed E-state index contributed by atoms with van der Waals surface area (Å²) in [5, 5.41) is 0. The monoisotopic (exact) mass is 270 g/mol. The topological polar surface area (TPSA) is 105 Å². The Bertz CT molecular complexity index is 721. The molecule has 0 saturated heterocycles. The molecule has 0 amide bonds. The van der Waals surface area contributed by atoms with E-state index in [-0.39, 0.29) is 0 Å². The molecule has 0 aliphatic carbocycles. The third-order valence-electron chi connectivity index (χ3n) is 2.96. The van der Waals surface area contributed by atoms with Gasteiger partial charge in [0.1, 0.15) is 19.3 Å². The van der Waals surface area contributed by atoms with E-state index in [0.29, 0.717) is 30.2 Å². The minimum Gasteiger partial charge on any atom is -0.471 e. The van der Waals surface area contributed by atoms with Gasteiger partial charge in [-0.05, 0) is 11.1 Å². The Morgan fingerprint density at radius 2 is 1.80 bits per heavy atom. The molecule has 2 heterocycles. The summed E-state index contributed by atoms with van der Waals surface area (Å²) >= 11 is 0. The SMILES string of the molecule is NCc1ccc(COc2ncnc3c2ncn3N)cc1. The predicted molar refractivity (Wildman–Crippen MR) is 74.1 cm³/mol. The summed E-state index contributed by atoms with van der Waals surface area (Å²) in [5.74, 6) is 6.10. The molecule has 7 nitrogen and oxygen atoms in total. The maximum atomic E-state index is 5.68. The summed E-state index contributed by atoms with van der Waals surface area (Å²) in [6.45, 7) is 0.927. The lowest BCUT2D eigenvalue weighted by atomic mass is 10.1. The summed E-state index contributed by atoms with van der Waals surface area (Å²) < 4.78 is 7.01. The van der Waals surface area contributed by atoms with Crippen molar-refractivity contribution in [3.05, 3.63) is 48.0 Å². The number of imidazole rings is 1. The Labute approximate surface area is 115 Å². The second-order valence-corrected chi connectivity index (χ2v) is 4.31. The molecule has 3 aromatic rings. The fraction of sp³-hybridized carbons (Fsp3) is 0.154. The van der Waals surface area contributed by atoms with E-state index in [2.05, 4.69) is 15.0 Å². The minimum absolute atomic E-state index is 0.397. The number of aromatic nitrogens is 4. The number of hydrogen-bond donors (Lipinski definition) is 2. The van der Waals surface area contributed by atoms with Crippen LogP contribution in [0.2, 0.25) is 0 Å². The number of ether oxygens (including phenoxy) is 1. The maximum Gasteiger partial charge on any atom is 0.245 e. The van der Waals surface area contributed by atoms with Crippen molar-refractivity contribution >= 4 is 11.2 Å². The highest BCUT2D eigenvalue weighted by Gasteiger charge is 2.09. The molecule has 0 saturated carbocycles. The van der Waals surface area contributed by atoms with E-state index in [4.69, 9.17) is 16.3 Å². The number of nitrogens with two attached hydrogens (primary N) is 2. The molecule has 2 aromatic heterocycles. The Kier molecular flexibility index (Phi) is 3.18. The molecule has 3 rings (SSSR count). The van der Waals surface area contributed by atoms with Crippen molar-refractivity contribution in [2.24, 2.45) is 5.73 Å². The van der Waals surface area contributed by atoms with Crippen LogP contribution in [0.4, 0.5) is 0 Å². The molecule has 0 aliphatic heterocycles. The van der Waals surface area contributed by atoms with Crippen LogP contribution in [0, 0.1) is 0 Å². The van der Waals surface area contributed by atoms with Crippen molar-refractivity contribution in [2.45, 2.75) is 13.2 Å². The highest BCUT2D eigenvalue weighted by molar-refractivity contribution is 5.75. The van der Waals surface area contributed by atoms with Crippen LogP contribution < -0.4 is 16.3 Å². The van der Waals surface area contributed by atoms with Gasteiger partial charge in [0.05, 0.1) is 0 Å². The number of benzene rings is 1. The molecule has 0 aliphatic rings. The summed E-state index contributed by atoms with van der Waals surface area (Å²) in [5.41, 5.74) is 8.76. The van der Waals surface area contributed by atoms with E-state index in [9.17, 15) is 0 Å². The van der Waals surface area contributed by atoms with Crippen LogP contribution in [0.5, 0.6) is 5.88 Å². The van der Waals surface area contributed by atoms with Crippen LogP contribution in [0.1, 0.15) is 11.1 Å². The Hall–Kier alpha value is -2.67. The van der Waals surface area contributed by atoms with Gasteiger partial charge >= 0.3 is 0 Å². The second-order valence-electron chi connectivity index (χ2n) is 4.31. The van der Waals surface area contributed by atoms with Crippen molar-refractivity contribution in [1.29, 1.82) is 0 Å². The molecule has 102 valence electrons. The Morgan fingerprint density at radius 3 is 2.55 bits per heavy atom. The van der Waals surface area contributed by atoms with Crippen molar-refractivity contribution in [3.63, 3.8) is 0 Å². The summed E-state index contributed by atoms with van der Waals surface area (Å²) in [6.07, 6.45) is 2.88. The van der Waals surface area contributed by atoms with Crippen LogP contribution in [0.15, 0.2) is 36.9 Å². The standard InChI is InChI=1S/C13H14N6O/c14-5-9-1-3-10(4-2-9)6-20-13-11-12(16-7-17-13)19(15)8-18-11/h1-4,7-8H,5-6,14-15H2. The minimum atomic E-state index is 0.397. The zero-order chi connectivity index (χ0) is 13.9. The van der Waals surface area contributed by atoms with Crippen LogP contribution >= 0.6 is 0 Å². The van der Waals surface area contributed by atoms with Crippen LogP contribution in [0.25, 0.3) is 11.2 Å². The average Bonchev–Trinajstić information content (AvgIpc) is 2.88. The number of nitrogen functional groups attached to an aromatic ring is 1. The fourth-order valence-electron chi connectivity index (χ4n) is 1.86. The van der Waals surface area contributed by atoms with Gasteiger partial charge in [-0.1, -0.05) is 24.3 Å². The Morgan fingerprint density at radius 1 is 1.05 bits per heavy atom. The smallest absolute Gasteiger partial charge is 0.245 e. The lowest BCUT2D eigenvalue weighted by Gasteiger charge is -2.06. The quantitative estimate of drug-likeness (QED) is 0.672. The first kappa shape index (κ1) is 12.4. The number of nitrogens with zero attached hydrogens (tertiary/aromatic N) is 4. The van der Waals surface area contributed by atoms with E-state index >= 15 is 0 Å². The molecule has 1 aromatic carbocycles. The van der Waals surface area contributed by atoms with Gasteiger partial charge in [-0.3, -0.25) is 0 Å². The first-order valence-electron chi connectivity index (χ1n) is 6.11. The maximum absolute atomic E-state index is 5.68. The molecular formula is C13H14N6O. The van der Waals surface area contributed by atoms with Gasteiger partial charge in [0.25, 0.3) is 0 Å². The molecule has 0 fully saturated rings. The zero-order valence-corrected chi connectivity index (χ0v) is 10.7. The number of rotatable bonds is 4. The van der Waals surface area contributed by atoms with E-state index in [1.807, 2.05) is 24.3 Å². The van der Waals surface area contributed by atoms with E-state index in [1.165, 1.54) is 17.3 Å². The molecular weight excluding hydrogens is 256 g/mol. The van der Waals surface area contributed by atoms with Crippen LogP contribution in [0.3, 0.4) is 0 Å². The molecule has 20 heavy (non-hydrogen) atoms. The third-order valence-corrected chi connectivity index (χ3v) is 2.96. The van der Waals surface area contributed by atoms with Gasteiger partial charge in [0, 0.05) is 6.54 Å². The molecule has 0 spiro atoms. The van der Waals surface area contributed by atoms with Crippen LogP contribution in [-0.2, 0) is 13.2 Å². The second kappa shape index (κ2) is 5.14. The molecule has 7 heteroatoms. The predicted octanol–water partition coefficient (Wildman–Crippen LogP) is 0.578. The van der Waals surface area contributed by atoms with Crippen molar-refractivity contribution < 1.29 is 4.74 Å². The molecule has 4 N–H and O–H groups in total.